The topological polar surface area (TPSA) is 79.2 Å². The Labute approximate surface area is 181 Å². The van der Waals surface area contributed by atoms with Crippen LogP contribution in [0.4, 0.5) is 0 Å². The van der Waals surface area contributed by atoms with E-state index in [4.69, 9.17) is 4.74 Å². The van der Waals surface area contributed by atoms with Crippen LogP contribution >= 0.6 is 0 Å². The normalized spacial score (nSPS) is 14.2. The Morgan fingerprint density at radius 1 is 0.968 bits per heavy atom. The highest BCUT2D eigenvalue weighted by atomic mass is 16.5. The van der Waals surface area contributed by atoms with Crippen molar-refractivity contribution in [2.75, 3.05) is 0 Å². The second-order valence-electron chi connectivity index (χ2n) is 7.61. The molecule has 0 aromatic heterocycles. The molecule has 0 aliphatic heterocycles. The van der Waals surface area contributed by atoms with Gasteiger partial charge in [0.2, 0.25) is 0 Å². The average molecular weight is 410 g/mol. The zero-order chi connectivity index (χ0) is 21.6. The van der Waals surface area contributed by atoms with Crippen LogP contribution in [-0.4, -0.2) is 17.9 Å². The summed E-state index contributed by atoms with van der Waals surface area (Å²) in [6, 6.07) is 22.0. The second kappa shape index (κ2) is 9.27. The number of rotatable bonds is 5. The summed E-state index contributed by atoms with van der Waals surface area (Å²) in [6.45, 7) is 0. The lowest BCUT2D eigenvalue weighted by Crippen LogP contribution is -2.33. The van der Waals surface area contributed by atoms with E-state index in [0.717, 1.165) is 36.5 Å². The molecule has 0 saturated heterocycles. The first-order chi connectivity index (χ1) is 15.1. The van der Waals surface area contributed by atoms with Gasteiger partial charge in [0.15, 0.2) is 0 Å². The smallest absolute Gasteiger partial charge is 0.344 e. The molecule has 4 rings (SSSR count). The molecule has 5 nitrogen and oxygen atoms in total. The molecule has 0 atom stereocenters. The van der Waals surface area contributed by atoms with Gasteiger partial charge in [0.05, 0.1) is 5.56 Å². The van der Waals surface area contributed by atoms with E-state index < -0.39 is 5.97 Å². The molecule has 0 spiro atoms. The lowest BCUT2D eigenvalue weighted by molar-refractivity contribution is -0.117. The monoisotopic (exact) mass is 410 g/mol. The summed E-state index contributed by atoms with van der Waals surface area (Å²) in [5.41, 5.74) is 1.24. The first-order valence-corrected chi connectivity index (χ1v) is 10.4. The highest BCUT2D eigenvalue weighted by Gasteiger charge is 2.19. The van der Waals surface area contributed by atoms with Crippen molar-refractivity contribution in [3.05, 3.63) is 83.4 Å². The van der Waals surface area contributed by atoms with E-state index >= 15 is 0 Å². The van der Waals surface area contributed by atoms with E-state index in [0.29, 0.717) is 16.9 Å². The lowest BCUT2D eigenvalue weighted by atomic mass is 10.0. The number of benzene rings is 3. The van der Waals surface area contributed by atoms with Crippen molar-refractivity contribution in [2.24, 2.45) is 0 Å². The van der Waals surface area contributed by atoms with Crippen molar-refractivity contribution in [1.29, 1.82) is 5.26 Å². The van der Waals surface area contributed by atoms with Crippen molar-refractivity contribution in [1.82, 2.24) is 5.32 Å². The van der Waals surface area contributed by atoms with Crippen molar-refractivity contribution < 1.29 is 14.3 Å². The van der Waals surface area contributed by atoms with Crippen molar-refractivity contribution in [3.8, 4) is 11.8 Å². The first kappa shape index (κ1) is 20.4. The maximum absolute atomic E-state index is 12.7. The van der Waals surface area contributed by atoms with Crippen molar-refractivity contribution in [3.63, 3.8) is 0 Å². The molecule has 0 bridgehead atoms. The number of carbonyl (C=O) groups excluding carboxylic acids is 2. The van der Waals surface area contributed by atoms with Crippen LogP contribution in [0.25, 0.3) is 16.8 Å². The van der Waals surface area contributed by atoms with Gasteiger partial charge in [0.25, 0.3) is 5.91 Å². The van der Waals surface area contributed by atoms with Gasteiger partial charge in [0.1, 0.15) is 17.4 Å². The molecule has 1 amide bonds. The molecule has 0 radical (unpaired) electrons. The minimum atomic E-state index is -0.436. The Hall–Kier alpha value is -3.91. The summed E-state index contributed by atoms with van der Waals surface area (Å²) in [4.78, 5) is 25.0. The van der Waals surface area contributed by atoms with E-state index in [2.05, 4.69) is 5.32 Å². The second-order valence-corrected chi connectivity index (χ2v) is 7.61. The van der Waals surface area contributed by atoms with Gasteiger partial charge in [-0.25, -0.2) is 4.79 Å². The molecule has 3 aromatic carbocycles. The van der Waals surface area contributed by atoms with E-state index in [-0.39, 0.29) is 17.5 Å². The van der Waals surface area contributed by atoms with Gasteiger partial charge in [-0.3, -0.25) is 4.79 Å². The predicted octanol–water partition coefficient (Wildman–Crippen LogP) is 5.02. The third kappa shape index (κ3) is 4.81. The van der Waals surface area contributed by atoms with Crippen LogP contribution in [0.3, 0.4) is 0 Å². The minimum absolute atomic E-state index is 0.0624. The molecule has 1 fully saturated rings. The Morgan fingerprint density at radius 3 is 2.42 bits per heavy atom. The maximum Gasteiger partial charge on any atom is 0.344 e. The molecule has 0 unspecified atom stereocenters. The largest absolute Gasteiger partial charge is 0.423 e. The van der Waals surface area contributed by atoms with Crippen LogP contribution in [-0.2, 0) is 4.79 Å². The molecule has 5 heteroatoms. The highest BCUT2D eigenvalue weighted by molar-refractivity contribution is 6.05. The molecule has 1 aliphatic rings. The predicted molar refractivity (Wildman–Crippen MR) is 119 cm³/mol. The number of nitrogens with zero attached hydrogens (tertiary/aromatic N) is 1. The van der Waals surface area contributed by atoms with E-state index in [1.54, 1.807) is 36.4 Å². The number of hydrogen-bond donors (Lipinski definition) is 1. The van der Waals surface area contributed by atoms with Gasteiger partial charge in [-0.15, -0.1) is 0 Å². The van der Waals surface area contributed by atoms with E-state index in [1.807, 2.05) is 42.5 Å². The summed E-state index contributed by atoms with van der Waals surface area (Å²) in [7, 11) is 0. The number of hydrogen-bond acceptors (Lipinski definition) is 4. The van der Waals surface area contributed by atoms with Gasteiger partial charge in [-0.05, 0) is 53.5 Å². The van der Waals surface area contributed by atoms with Gasteiger partial charge in [0, 0.05) is 6.04 Å². The highest BCUT2D eigenvalue weighted by Crippen LogP contribution is 2.22. The lowest BCUT2D eigenvalue weighted by Gasteiger charge is -2.11. The van der Waals surface area contributed by atoms with Crippen LogP contribution in [0.1, 0.15) is 41.6 Å². The van der Waals surface area contributed by atoms with E-state index in [1.165, 1.54) is 0 Å². The molecule has 1 N–H and O–H groups in total. The van der Waals surface area contributed by atoms with Crippen LogP contribution in [0.2, 0.25) is 0 Å². The summed E-state index contributed by atoms with van der Waals surface area (Å²) < 4.78 is 5.53. The van der Waals surface area contributed by atoms with Gasteiger partial charge in [-0.2, -0.15) is 5.26 Å². The number of nitrogens with one attached hydrogen (secondary N) is 1. The molecular formula is C26H22N2O3. The summed E-state index contributed by atoms with van der Waals surface area (Å²) in [5.74, 6) is -0.390. The standard InChI is InChI=1S/C26H22N2O3/c27-17-20(25(29)28-21-8-2-3-9-21)16-18-12-14-22(15-13-18)31-26(30)24-11-5-7-19-6-1-4-10-23(19)24/h1,4-7,10-16,21H,2-3,8-9H2,(H,28,29). The van der Waals surface area contributed by atoms with Crippen LogP contribution in [0.15, 0.2) is 72.3 Å². The number of amides is 1. The fourth-order valence-corrected chi connectivity index (χ4v) is 3.85. The van der Waals surface area contributed by atoms with Gasteiger partial charge in [-0.1, -0.05) is 61.4 Å². The Balaban J connectivity index is 1.46. The number of ether oxygens (including phenoxy) is 1. The number of nitriles is 1. The zero-order valence-corrected chi connectivity index (χ0v) is 17.0. The molecule has 154 valence electrons. The number of esters is 1. The molecular weight excluding hydrogens is 388 g/mol. The number of carbonyl (C=O) groups is 2. The van der Waals surface area contributed by atoms with Crippen molar-refractivity contribution >= 4 is 28.7 Å². The van der Waals surface area contributed by atoms with Gasteiger partial charge >= 0.3 is 5.97 Å². The first-order valence-electron chi connectivity index (χ1n) is 10.4. The fourth-order valence-electron chi connectivity index (χ4n) is 3.85. The average Bonchev–Trinajstić information content (AvgIpc) is 3.31. The zero-order valence-electron chi connectivity index (χ0n) is 17.0. The molecule has 31 heavy (non-hydrogen) atoms. The third-order valence-corrected chi connectivity index (χ3v) is 5.47. The Morgan fingerprint density at radius 2 is 1.68 bits per heavy atom. The Kier molecular flexibility index (Phi) is 6.09. The van der Waals surface area contributed by atoms with Crippen LogP contribution < -0.4 is 10.1 Å². The third-order valence-electron chi connectivity index (χ3n) is 5.47. The SMILES string of the molecule is N#CC(=Cc1ccc(OC(=O)c2cccc3ccccc23)cc1)C(=O)NC1CCCC1. The summed E-state index contributed by atoms with van der Waals surface area (Å²) in [6.07, 6.45) is 5.67. The van der Waals surface area contributed by atoms with E-state index in [9.17, 15) is 14.9 Å². The summed E-state index contributed by atoms with van der Waals surface area (Å²) in [5, 5.41) is 14.1. The molecule has 1 aliphatic carbocycles. The van der Waals surface area contributed by atoms with Gasteiger partial charge < -0.3 is 10.1 Å². The van der Waals surface area contributed by atoms with Crippen molar-refractivity contribution in [2.45, 2.75) is 31.7 Å². The molecule has 3 aromatic rings. The molecule has 1 saturated carbocycles. The quantitative estimate of drug-likeness (QED) is 0.277. The summed E-state index contributed by atoms with van der Waals surface area (Å²) >= 11 is 0. The maximum atomic E-state index is 12.7. The molecule has 0 heterocycles. The number of fused-ring (bicyclic) bond motifs is 1. The van der Waals surface area contributed by atoms with Crippen LogP contribution in [0, 0.1) is 11.3 Å². The fraction of sp³-hybridized carbons (Fsp3) is 0.192. The van der Waals surface area contributed by atoms with Crippen LogP contribution in [0.5, 0.6) is 5.75 Å². The Bertz CT molecular complexity index is 1180. The minimum Gasteiger partial charge on any atom is -0.423 e.